The Balaban J connectivity index is 1.28. The molecule has 0 radical (unpaired) electrons. The van der Waals surface area contributed by atoms with E-state index >= 15 is 0 Å². The van der Waals surface area contributed by atoms with Crippen molar-refractivity contribution in [3.63, 3.8) is 0 Å². The third-order valence-electron chi connectivity index (χ3n) is 7.39. The van der Waals surface area contributed by atoms with Crippen LogP contribution in [-0.2, 0) is 39.4 Å². The monoisotopic (exact) mass is 665 g/mol. The Kier molecular flexibility index (Phi) is 8.87. The maximum absolute atomic E-state index is 14.3. The van der Waals surface area contributed by atoms with E-state index in [1.165, 1.54) is 19.6 Å². The fraction of sp³-hybridized carbons (Fsp3) is 0.379. The second-order valence-corrected chi connectivity index (χ2v) is 13.0. The zero-order chi connectivity index (χ0) is 33.2. The van der Waals surface area contributed by atoms with E-state index in [0.29, 0.717) is 11.2 Å². The van der Waals surface area contributed by atoms with Crippen LogP contribution in [0.3, 0.4) is 0 Å². The molecule has 17 nitrogen and oxygen atoms in total. The SMILES string of the molecule is C[C@H](NP(=O)(OC[C@@]1(N=[N+]=[N-])O[C@@H](n2cnc3c(N)ncnc32)[C@@H]2OC(C)(C)O[C@@H]21)Oc1ccccc1)C(=O)OCc1ccccc1. The van der Waals surface area contributed by atoms with E-state index in [4.69, 9.17) is 33.7 Å². The third-order valence-corrected chi connectivity index (χ3v) is 9.02. The summed E-state index contributed by atoms with van der Waals surface area (Å²) < 4.78 is 51.7. The van der Waals surface area contributed by atoms with Crippen LogP contribution in [-0.4, -0.2) is 61.9 Å². The third kappa shape index (κ3) is 6.77. The number of hydrogen-bond acceptors (Lipinski definition) is 13. The normalized spacial score (nSPS) is 25.0. The van der Waals surface area contributed by atoms with Crippen LogP contribution in [0.1, 0.15) is 32.6 Å². The highest BCUT2D eigenvalue weighted by Gasteiger charge is 2.64. The van der Waals surface area contributed by atoms with E-state index in [0.717, 1.165) is 5.56 Å². The van der Waals surface area contributed by atoms with Crippen molar-refractivity contribution in [1.82, 2.24) is 24.6 Å². The summed E-state index contributed by atoms with van der Waals surface area (Å²) in [5.74, 6) is -1.52. The molecule has 18 heteroatoms. The molecule has 0 spiro atoms. The lowest BCUT2D eigenvalue weighted by molar-refractivity contribution is -0.223. The van der Waals surface area contributed by atoms with Gasteiger partial charge in [0, 0.05) is 4.91 Å². The van der Waals surface area contributed by atoms with Gasteiger partial charge in [0.25, 0.3) is 0 Å². The van der Waals surface area contributed by atoms with Crippen LogP contribution in [0, 0.1) is 0 Å². The van der Waals surface area contributed by atoms with Gasteiger partial charge in [-0.15, -0.1) is 0 Å². The van der Waals surface area contributed by atoms with E-state index in [9.17, 15) is 14.9 Å². The Morgan fingerprint density at radius 3 is 2.57 bits per heavy atom. The zero-order valence-corrected chi connectivity index (χ0v) is 26.5. The van der Waals surface area contributed by atoms with Crippen LogP contribution in [0.4, 0.5) is 5.82 Å². The predicted molar refractivity (Wildman–Crippen MR) is 165 cm³/mol. The van der Waals surface area contributed by atoms with Crippen LogP contribution < -0.4 is 15.3 Å². The number of azide groups is 1. The standard InChI is InChI=1S/C29H32N9O8P/c1-18(27(39)41-14-19-10-6-4-7-11-19)35-47(40,46-20-12-8-5-9-13-20)42-15-29(36-37-31)23-22(43-28(2,3)44-23)26(45-29)38-17-34-21-24(30)32-16-33-25(21)38/h4-13,16-18,22-23,26H,14-15H2,1-3H3,(H,35,40)(H2,30,32,33)/t18-,22+,23-,26+,29+,47?/m0/s1. The summed E-state index contributed by atoms with van der Waals surface area (Å²) in [5.41, 5.74) is 15.2. The Hall–Kier alpha value is -4.60. The van der Waals surface area contributed by atoms with Crippen LogP contribution in [0.25, 0.3) is 21.6 Å². The summed E-state index contributed by atoms with van der Waals surface area (Å²) in [6.07, 6.45) is -0.233. The van der Waals surface area contributed by atoms with Gasteiger partial charge in [-0.2, -0.15) is 5.09 Å². The molecule has 0 bridgehead atoms. The molecule has 0 amide bonds. The van der Waals surface area contributed by atoms with Gasteiger partial charge in [-0.1, -0.05) is 53.6 Å². The molecular formula is C29H32N9O8P. The molecule has 1 unspecified atom stereocenters. The van der Waals surface area contributed by atoms with Crippen molar-refractivity contribution >= 4 is 30.7 Å². The second kappa shape index (κ2) is 12.9. The number of ether oxygens (including phenoxy) is 4. The number of carbonyl (C=O) groups is 1. The molecule has 2 saturated heterocycles. The number of fused-ring (bicyclic) bond motifs is 2. The zero-order valence-electron chi connectivity index (χ0n) is 25.6. The number of carbonyl (C=O) groups excluding carboxylic acids is 1. The van der Waals surface area contributed by atoms with E-state index < -0.39 is 56.3 Å². The molecule has 4 heterocycles. The number of aromatic nitrogens is 4. The van der Waals surface area contributed by atoms with Gasteiger partial charge < -0.3 is 29.2 Å². The second-order valence-electron chi connectivity index (χ2n) is 11.3. The molecule has 2 aliphatic rings. The van der Waals surface area contributed by atoms with Crippen LogP contribution in [0.2, 0.25) is 0 Å². The first-order chi connectivity index (χ1) is 22.5. The maximum Gasteiger partial charge on any atom is 0.459 e. The number of para-hydroxylation sites is 1. The molecule has 0 saturated carbocycles. The average molecular weight is 666 g/mol. The molecule has 2 fully saturated rings. The topological polar surface area (TPSA) is 220 Å². The molecule has 6 rings (SSSR count). The van der Waals surface area contributed by atoms with Gasteiger partial charge >= 0.3 is 13.7 Å². The largest absolute Gasteiger partial charge is 0.460 e. The Morgan fingerprint density at radius 2 is 1.85 bits per heavy atom. The van der Waals surface area contributed by atoms with Crippen LogP contribution >= 0.6 is 7.75 Å². The summed E-state index contributed by atoms with van der Waals surface area (Å²) in [5, 5.41) is 6.58. The minimum Gasteiger partial charge on any atom is -0.460 e. The highest BCUT2D eigenvalue weighted by atomic mass is 31.2. The van der Waals surface area contributed by atoms with Gasteiger partial charge in [0.2, 0.25) is 5.72 Å². The smallest absolute Gasteiger partial charge is 0.459 e. The van der Waals surface area contributed by atoms with Crippen molar-refractivity contribution in [2.45, 2.75) is 63.4 Å². The van der Waals surface area contributed by atoms with Crippen molar-refractivity contribution in [2.24, 2.45) is 5.11 Å². The number of hydrogen-bond donors (Lipinski definition) is 2. The van der Waals surface area contributed by atoms with Gasteiger partial charge in [0.15, 0.2) is 23.5 Å². The summed E-state index contributed by atoms with van der Waals surface area (Å²) in [6, 6.07) is 16.2. The molecule has 47 heavy (non-hydrogen) atoms. The lowest BCUT2D eigenvalue weighted by atomic mass is 10.1. The van der Waals surface area contributed by atoms with Gasteiger partial charge in [-0.05, 0) is 44.0 Å². The highest BCUT2D eigenvalue weighted by Crippen LogP contribution is 2.52. The number of esters is 1. The van der Waals surface area contributed by atoms with Gasteiger partial charge in [-0.25, -0.2) is 19.5 Å². The number of anilines is 1. The first-order valence-electron chi connectivity index (χ1n) is 14.5. The number of nitrogens with one attached hydrogen (secondary N) is 1. The maximum atomic E-state index is 14.3. The number of rotatable bonds is 12. The number of nitrogens with two attached hydrogens (primary N) is 1. The van der Waals surface area contributed by atoms with Gasteiger partial charge in [-0.3, -0.25) is 13.9 Å². The van der Waals surface area contributed by atoms with E-state index in [-0.39, 0.29) is 18.2 Å². The van der Waals surface area contributed by atoms with Crippen molar-refractivity contribution in [3.8, 4) is 5.75 Å². The predicted octanol–water partition coefficient (Wildman–Crippen LogP) is 4.39. The molecule has 0 aliphatic carbocycles. The molecule has 3 N–H and O–H groups in total. The van der Waals surface area contributed by atoms with Crippen molar-refractivity contribution in [2.75, 3.05) is 12.3 Å². The summed E-state index contributed by atoms with van der Waals surface area (Å²) >= 11 is 0. The van der Waals surface area contributed by atoms with Crippen molar-refractivity contribution in [3.05, 3.63) is 89.3 Å². The van der Waals surface area contributed by atoms with Crippen molar-refractivity contribution in [1.29, 1.82) is 0 Å². The van der Waals surface area contributed by atoms with Gasteiger partial charge in [0.05, 0.1) is 12.9 Å². The minimum atomic E-state index is -4.43. The molecule has 2 aliphatic heterocycles. The fourth-order valence-electron chi connectivity index (χ4n) is 5.29. The molecule has 246 valence electrons. The lowest BCUT2D eigenvalue weighted by Crippen LogP contribution is -2.46. The number of imidazole rings is 1. The first kappa shape index (κ1) is 32.3. The average Bonchev–Trinajstić information content (AvgIpc) is 3.71. The summed E-state index contributed by atoms with van der Waals surface area (Å²) in [4.78, 5) is 28.5. The van der Waals surface area contributed by atoms with Crippen molar-refractivity contribution < 1.29 is 37.4 Å². The van der Waals surface area contributed by atoms with E-state index in [1.807, 2.05) is 18.2 Å². The van der Waals surface area contributed by atoms with E-state index in [2.05, 4.69) is 30.1 Å². The lowest BCUT2D eigenvalue weighted by Gasteiger charge is -2.32. The van der Waals surface area contributed by atoms with E-state index in [1.54, 1.807) is 60.9 Å². The molecule has 2 aromatic heterocycles. The highest BCUT2D eigenvalue weighted by molar-refractivity contribution is 7.52. The van der Waals surface area contributed by atoms with Crippen LogP contribution in [0.15, 0.2) is 78.4 Å². The number of nitrogens with zero attached hydrogens (tertiary/aromatic N) is 7. The Bertz CT molecular complexity index is 1840. The fourth-order valence-corrected chi connectivity index (χ4v) is 6.81. The quantitative estimate of drug-likeness (QED) is 0.0706. The minimum absolute atomic E-state index is 0.00130. The number of nitrogen functional groups attached to an aromatic ring is 1. The Morgan fingerprint density at radius 1 is 1.13 bits per heavy atom. The number of benzene rings is 2. The summed E-state index contributed by atoms with van der Waals surface area (Å²) in [6.45, 7) is 4.17. The Labute approximate surface area is 268 Å². The first-order valence-corrected chi connectivity index (χ1v) is 16.1. The molecular weight excluding hydrogens is 633 g/mol. The molecule has 6 atom stereocenters. The van der Waals surface area contributed by atoms with Gasteiger partial charge in [0.1, 0.15) is 42.5 Å². The van der Waals surface area contributed by atoms with Crippen LogP contribution in [0.5, 0.6) is 5.75 Å². The summed E-state index contributed by atoms with van der Waals surface area (Å²) in [7, 11) is -4.43. The molecule has 4 aromatic rings. The molecule has 2 aromatic carbocycles.